The summed E-state index contributed by atoms with van der Waals surface area (Å²) in [5, 5.41) is 14.6. The van der Waals surface area contributed by atoms with Crippen molar-refractivity contribution in [2.24, 2.45) is 11.1 Å². The number of hydrogen-bond donors (Lipinski definition) is 1. The normalized spacial score (nSPS) is 20.4. The molecule has 1 aliphatic rings. The van der Waals surface area contributed by atoms with Gasteiger partial charge in [-0.25, -0.2) is 0 Å². The van der Waals surface area contributed by atoms with Crippen molar-refractivity contribution >= 4 is 33.9 Å². The molecule has 0 amide bonds. The second-order valence-electron chi connectivity index (χ2n) is 4.24. The maximum atomic E-state index is 11.0. The van der Waals surface area contributed by atoms with E-state index in [-0.39, 0.29) is 15.3 Å². The molecule has 1 aromatic carbocycles. The molecule has 0 bridgehead atoms. The Labute approximate surface area is 129 Å². The van der Waals surface area contributed by atoms with Gasteiger partial charge in [0.1, 0.15) is 0 Å². The number of allylic oxidation sites excluding steroid dienone is 4. The summed E-state index contributed by atoms with van der Waals surface area (Å²) in [4.78, 5) is 14.8. The van der Waals surface area contributed by atoms with E-state index in [0.717, 1.165) is 16.7 Å². The molecule has 20 heavy (non-hydrogen) atoms. The topological polar surface area (TPSA) is 90.8 Å². The second-order valence-corrected chi connectivity index (χ2v) is 5.49. The van der Waals surface area contributed by atoms with Crippen LogP contribution < -0.4 is 5.90 Å². The monoisotopic (exact) mass is 385 g/mol. The van der Waals surface area contributed by atoms with Crippen LogP contribution in [0.15, 0.2) is 47.3 Å². The lowest BCUT2D eigenvalue weighted by Gasteiger charge is -2.18. The number of benzene rings is 1. The van der Waals surface area contributed by atoms with Crippen molar-refractivity contribution in [3.8, 4) is 0 Å². The van der Waals surface area contributed by atoms with Crippen LogP contribution in [-0.4, -0.2) is 14.6 Å². The molecule has 1 atom stereocenters. The fourth-order valence-electron chi connectivity index (χ4n) is 1.91. The van der Waals surface area contributed by atoms with Gasteiger partial charge >= 0.3 is 0 Å². The van der Waals surface area contributed by atoms with E-state index in [1.54, 1.807) is 6.08 Å². The lowest BCUT2D eigenvalue weighted by Crippen LogP contribution is -2.26. The summed E-state index contributed by atoms with van der Waals surface area (Å²) in [6.45, 7) is 2.00. The van der Waals surface area contributed by atoms with Gasteiger partial charge in [0.15, 0.2) is 5.71 Å². The van der Waals surface area contributed by atoms with E-state index in [4.69, 9.17) is 5.90 Å². The Balaban J connectivity index is 2.47. The molecule has 1 unspecified atom stereocenters. The van der Waals surface area contributed by atoms with Crippen molar-refractivity contribution in [1.82, 2.24) is 0 Å². The van der Waals surface area contributed by atoms with E-state index in [0.29, 0.717) is 0 Å². The summed E-state index contributed by atoms with van der Waals surface area (Å²) in [5.74, 6) is 4.93. The molecular formula is C13H12IN3O3. The molecule has 1 aliphatic carbocycles. The number of nitrogens with two attached hydrogens (primary N) is 1. The van der Waals surface area contributed by atoms with Crippen LogP contribution in [0.5, 0.6) is 0 Å². The first-order valence-corrected chi connectivity index (χ1v) is 7.00. The Kier molecular flexibility index (Phi) is 4.50. The van der Waals surface area contributed by atoms with Crippen molar-refractivity contribution in [2.75, 3.05) is 0 Å². The van der Waals surface area contributed by atoms with Crippen molar-refractivity contribution in [2.45, 2.75) is 10.8 Å². The molecule has 0 aliphatic heterocycles. The highest BCUT2D eigenvalue weighted by Gasteiger charge is 2.33. The average Bonchev–Trinajstić information content (AvgIpc) is 2.42. The van der Waals surface area contributed by atoms with Gasteiger partial charge in [0.05, 0.1) is 8.85 Å². The molecule has 6 nitrogen and oxygen atoms in total. The van der Waals surface area contributed by atoms with Crippen LogP contribution in [0.4, 0.5) is 0 Å². The molecule has 7 heteroatoms. The van der Waals surface area contributed by atoms with Crippen molar-refractivity contribution in [3.63, 3.8) is 0 Å². The highest BCUT2D eigenvalue weighted by atomic mass is 127. The summed E-state index contributed by atoms with van der Waals surface area (Å²) in [6.07, 6.45) is 3.15. The molecule has 0 radical (unpaired) electrons. The largest absolute Gasteiger partial charge is 0.302 e. The van der Waals surface area contributed by atoms with E-state index in [1.165, 1.54) is 6.08 Å². The van der Waals surface area contributed by atoms with Gasteiger partial charge in [0.25, 0.3) is 5.70 Å². The molecule has 0 aromatic heterocycles. The Morgan fingerprint density at radius 3 is 2.55 bits per heavy atom. The summed E-state index contributed by atoms with van der Waals surface area (Å²) < 4.78 is -0.302. The first-order valence-electron chi connectivity index (χ1n) is 5.76. The van der Waals surface area contributed by atoms with Crippen LogP contribution in [0.2, 0.25) is 0 Å². The summed E-state index contributed by atoms with van der Waals surface area (Å²) in [5.41, 5.74) is 3.16. The van der Waals surface area contributed by atoms with Gasteiger partial charge in [-0.3, -0.25) is 10.1 Å². The maximum Gasteiger partial charge on any atom is 0.295 e. The van der Waals surface area contributed by atoms with E-state index in [9.17, 15) is 10.1 Å². The van der Waals surface area contributed by atoms with Gasteiger partial charge in [-0.05, 0) is 18.1 Å². The van der Waals surface area contributed by atoms with Crippen LogP contribution in [0.25, 0.3) is 5.57 Å². The Bertz CT molecular complexity index is 620. The summed E-state index contributed by atoms with van der Waals surface area (Å²) in [7, 11) is 0. The lowest BCUT2D eigenvalue weighted by atomic mass is 9.94. The first-order chi connectivity index (χ1) is 9.54. The zero-order chi connectivity index (χ0) is 14.7. The van der Waals surface area contributed by atoms with Gasteiger partial charge in [0, 0.05) is 6.08 Å². The van der Waals surface area contributed by atoms with Crippen LogP contribution in [0, 0.1) is 17.0 Å². The van der Waals surface area contributed by atoms with Gasteiger partial charge < -0.3 is 4.94 Å². The van der Waals surface area contributed by atoms with E-state index in [1.807, 2.05) is 31.2 Å². The predicted octanol–water partition coefficient (Wildman–Crippen LogP) is 2.60. The second kappa shape index (κ2) is 6.14. The zero-order valence-electron chi connectivity index (χ0n) is 10.6. The average molecular weight is 385 g/mol. The third kappa shape index (κ3) is 2.88. The molecule has 1 aromatic rings. The fraction of sp³-hybridized carbons (Fsp3) is 0.154. The lowest BCUT2D eigenvalue weighted by molar-refractivity contribution is -0.415. The number of nitro groups is 1. The van der Waals surface area contributed by atoms with Crippen LogP contribution in [-0.2, 0) is 4.94 Å². The molecule has 0 fully saturated rings. The quantitative estimate of drug-likeness (QED) is 0.375. The third-order valence-corrected chi connectivity index (χ3v) is 4.19. The molecule has 0 saturated carbocycles. The molecule has 0 spiro atoms. The zero-order valence-corrected chi connectivity index (χ0v) is 12.8. The van der Waals surface area contributed by atoms with E-state index >= 15 is 0 Å². The molecule has 2 rings (SSSR count). The van der Waals surface area contributed by atoms with E-state index in [2.05, 4.69) is 32.7 Å². The minimum absolute atomic E-state index is 0.106. The number of rotatable bonds is 3. The van der Waals surface area contributed by atoms with Gasteiger partial charge in [0.2, 0.25) is 0 Å². The summed E-state index contributed by atoms with van der Waals surface area (Å²) >= 11 is 2.09. The Hall–Kier alpha value is -1.74. The fourth-order valence-corrected chi connectivity index (χ4v) is 2.91. The standard InChI is InChI=1S/C13H12IN3O3/c1-8-2-4-9(5-3-8)10-6-7-11(17(18)19)13(12(10)14)16-20-15/h2-7,12H,15H2,1H3/b16-13-. The Morgan fingerprint density at radius 2 is 2.00 bits per heavy atom. The summed E-state index contributed by atoms with van der Waals surface area (Å²) in [6, 6.07) is 7.92. The van der Waals surface area contributed by atoms with Crippen LogP contribution in [0.3, 0.4) is 0 Å². The molecule has 104 valence electrons. The van der Waals surface area contributed by atoms with Gasteiger partial charge in [-0.1, -0.05) is 63.7 Å². The van der Waals surface area contributed by atoms with Gasteiger partial charge in [-0.15, -0.1) is 5.90 Å². The highest BCUT2D eigenvalue weighted by molar-refractivity contribution is 14.1. The molecular weight excluding hydrogens is 373 g/mol. The van der Waals surface area contributed by atoms with Crippen molar-refractivity contribution in [1.29, 1.82) is 0 Å². The van der Waals surface area contributed by atoms with Crippen LogP contribution in [0.1, 0.15) is 11.1 Å². The first kappa shape index (κ1) is 14.7. The molecule has 0 saturated heterocycles. The van der Waals surface area contributed by atoms with E-state index < -0.39 is 4.92 Å². The van der Waals surface area contributed by atoms with Crippen molar-refractivity contribution in [3.05, 3.63) is 63.4 Å². The number of aryl methyl sites for hydroxylation is 1. The number of hydrogen-bond acceptors (Lipinski definition) is 5. The smallest absolute Gasteiger partial charge is 0.295 e. The molecule has 0 heterocycles. The minimum atomic E-state index is -0.494. The number of halogens is 1. The highest BCUT2D eigenvalue weighted by Crippen LogP contribution is 2.31. The number of nitrogens with zero attached hydrogens (tertiary/aromatic N) is 2. The Morgan fingerprint density at radius 1 is 1.35 bits per heavy atom. The SMILES string of the molecule is Cc1ccc(C2=CC=C([N+](=O)[O-])/C(=N/ON)C2I)cc1. The van der Waals surface area contributed by atoms with Crippen LogP contribution >= 0.6 is 22.6 Å². The maximum absolute atomic E-state index is 11.0. The molecule has 2 N–H and O–H groups in total. The minimum Gasteiger partial charge on any atom is -0.302 e. The predicted molar refractivity (Wildman–Crippen MR) is 84.7 cm³/mol. The number of alkyl halides is 1. The van der Waals surface area contributed by atoms with Gasteiger partial charge in [-0.2, -0.15) is 0 Å². The third-order valence-electron chi connectivity index (χ3n) is 2.93. The number of oxime groups is 1. The van der Waals surface area contributed by atoms with Crippen molar-refractivity contribution < 1.29 is 9.86 Å².